The van der Waals surface area contributed by atoms with Crippen molar-refractivity contribution in [2.45, 2.75) is 23.2 Å². The molecule has 5 rings (SSSR count). The molecule has 1 aromatic heterocycles. The van der Waals surface area contributed by atoms with E-state index in [4.69, 9.17) is 16.7 Å². The van der Waals surface area contributed by atoms with E-state index in [9.17, 15) is 9.90 Å². The summed E-state index contributed by atoms with van der Waals surface area (Å²) in [6.07, 6.45) is 0.512. The lowest BCUT2D eigenvalue weighted by Crippen LogP contribution is -2.27. The third-order valence-corrected chi connectivity index (χ3v) is 6.50. The Morgan fingerprint density at radius 2 is 1.81 bits per heavy atom. The summed E-state index contributed by atoms with van der Waals surface area (Å²) in [7, 11) is 0. The second-order valence-electron chi connectivity index (χ2n) is 7.27. The van der Waals surface area contributed by atoms with Gasteiger partial charge in [0.05, 0.1) is 17.4 Å². The fourth-order valence-corrected chi connectivity index (χ4v) is 4.86. The van der Waals surface area contributed by atoms with Crippen LogP contribution in [0.2, 0.25) is 5.02 Å². The van der Waals surface area contributed by atoms with Gasteiger partial charge in [0, 0.05) is 11.4 Å². The summed E-state index contributed by atoms with van der Waals surface area (Å²) < 4.78 is 1.72. The van der Waals surface area contributed by atoms with Crippen LogP contribution in [0.4, 0.5) is 0 Å². The summed E-state index contributed by atoms with van der Waals surface area (Å²) in [5.74, 6) is -0.179. The smallest absolute Gasteiger partial charge is 0.304 e. The summed E-state index contributed by atoms with van der Waals surface area (Å²) in [5.41, 5.74) is 2.62. The molecule has 1 unspecified atom stereocenters. The molecule has 154 valence electrons. The topological polar surface area (TPSA) is 80.4 Å². The number of carboxylic acids is 1. The average Bonchev–Trinajstić information content (AvgIpc) is 3.15. The Bertz CT molecular complexity index is 1320. The molecule has 1 N–H and O–H groups in total. The summed E-state index contributed by atoms with van der Waals surface area (Å²) in [6.45, 7) is 0. The minimum absolute atomic E-state index is 0.0566. The molecule has 6 nitrogen and oxygen atoms in total. The van der Waals surface area contributed by atoms with Gasteiger partial charge in [-0.05, 0) is 34.0 Å². The maximum Gasteiger partial charge on any atom is 0.304 e. The molecule has 0 fully saturated rings. The van der Waals surface area contributed by atoms with E-state index in [1.807, 2.05) is 24.3 Å². The van der Waals surface area contributed by atoms with E-state index >= 15 is 0 Å². The van der Waals surface area contributed by atoms with Gasteiger partial charge in [0.15, 0.2) is 5.82 Å². The highest BCUT2D eigenvalue weighted by atomic mass is 35.5. The van der Waals surface area contributed by atoms with Crippen LogP contribution in [0.25, 0.3) is 10.8 Å². The van der Waals surface area contributed by atoms with Gasteiger partial charge >= 0.3 is 5.97 Å². The van der Waals surface area contributed by atoms with E-state index in [1.165, 1.54) is 22.5 Å². The number of aromatic nitrogens is 3. The number of carboxylic acid groups (broad SMARTS) is 1. The molecule has 0 bridgehead atoms. The highest BCUT2D eigenvalue weighted by molar-refractivity contribution is 8.00. The number of hydrogen-bond acceptors (Lipinski definition) is 5. The van der Waals surface area contributed by atoms with Crippen molar-refractivity contribution in [1.29, 1.82) is 0 Å². The van der Waals surface area contributed by atoms with Crippen LogP contribution in [-0.2, 0) is 11.2 Å². The predicted octanol–water partition coefficient (Wildman–Crippen LogP) is 4.88. The molecule has 0 aliphatic carbocycles. The highest BCUT2D eigenvalue weighted by Crippen LogP contribution is 2.33. The van der Waals surface area contributed by atoms with Crippen LogP contribution in [-0.4, -0.2) is 36.9 Å². The van der Waals surface area contributed by atoms with E-state index in [2.05, 4.69) is 40.5 Å². The van der Waals surface area contributed by atoms with Crippen molar-refractivity contribution >= 4 is 45.8 Å². The van der Waals surface area contributed by atoms with Crippen molar-refractivity contribution in [3.8, 4) is 0 Å². The van der Waals surface area contributed by atoms with Crippen molar-refractivity contribution in [2.24, 2.45) is 5.10 Å². The molecule has 2 heterocycles. The van der Waals surface area contributed by atoms with Gasteiger partial charge in [-0.25, -0.2) is 0 Å². The molecular weight excluding hydrogens is 432 g/mol. The van der Waals surface area contributed by atoms with E-state index in [0.29, 0.717) is 28.1 Å². The van der Waals surface area contributed by atoms with Gasteiger partial charge in [-0.1, -0.05) is 78.0 Å². The number of halogens is 1. The lowest BCUT2D eigenvalue weighted by atomic mass is 10.0. The summed E-state index contributed by atoms with van der Waals surface area (Å²) in [6, 6.07) is 21.8. The number of rotatable bonds is 5. The van der Waals surface area contributed by atoms with Crippen molar-refractivity contribution in [3.05, 3.63) is 88.7 Å². The van der Waals surface area contributed by atoms with Crippen LogP contribution in [0.5, 0.6) is 0 Å². The first-order valence-electron chi connectivity index (χ1n) is 9.72. The Kier molecular flexibility index (Phi) is 5.21. The number of benzene rings is 3. The minimum atomic E-state index is -0.886. The van der Waals surface area contributed by atoms with Crippen LogP contribution < -0.4 is 0 Å². The van der Waals surface area contributed by atoms with E-state index < -0.39 is 5.97 Å². The van der Waals surface area contributed by atoms with Gasteiger partial charge in [-0.2, -0.15) is 9.78 Å². The standard InChI is InChI=1S/C23H17ClN4O2S/c24-18-9-7-16(8-10-18)22-19(13-21(29)30)31-23-26-25-20(28(23)27-22)12-14-5-6-15-3-1-2-4-17(15)11-14/h1-11,19H,12-13H2,(H,29,30). The third-order valence-electron chi connectivity index (χ3n) is 5.11. The Morgan fingerprint density at radius 3 is 2.58 bits per heavy atom. The first kappa shape index (κ1) is 19.8. The molecule has 0 radical (unpaired) electrons. The second-order valence-corrected chi connectivity index (χ2v) is 8.87. The predicted molar refractivity (Wildman–Crippen MR) is 122 cm³/mol. The van der Waals surface area contributed by atoms with E-state index in [0.717, 1.165) is 11.1 Å². The zero-order valence-corrected chi connectivity index (χ0v) is 17.8. The molecule has 0 saturated heterocycles. The van der Waals surface area contributed by atoms with Crippen molar-refractivity contribution in [1.82, 2.24) is 14.9 Å². The molecule has 1 aliphatic rings. The number of aliphatic carboxylic acids is 1. The van der Waals surface area contributed by atoms with Gasteiger partial charge in [0.25, 0.3) is 0 Å². The van der Waals surface area contributed by atoms with Crippen LogP contribution >= 0.6 is 23.4 Å². The largest absolute Gasteiger partial charge is 0.481 e. The van der Waals surface area contributed by atoms with Gasteiger partial charge in [0.1, 0.15) is 0 Å². The van der Waals surface area contributed by atoms with Gasteiger partial charge in [0.2, 0.25) is 5.16 Å². The average molecular weight is 449 g/mol. The lowest BCUT2D eigenvalue weighted by molar-refractivity contribution is -0.136. The molecule has 0 spiro atoms. The van der Waals surface area contributed by atoms with Crippen LogP contribution in [0.15, 0.2) is 77.0 Å². The van der Waals surface area contributed by atoms with Crippen molar-refractivity contribution < 1.29 is 9.90 Å². The molecule has 0 amide bonds. The normalized spacial score (nSPS) is 15.5. The summed E-state index contributed by atoms with van der Waals surface area (Å²) in [5, 5.41) is 26.0. The number of carbonyl (C=O) groups is 1. The summed E-state index contributed by atoms with van der Waals surface area (Å²) >= 11 is 7.40. The molecule has 0 saturated carbocycles. The molecular formula is C23H17ClN4O2S. The second kappa shape index (κ2) is 8.17. The molecule has 8 heteroatoms. The van der Waals surface area contributed by atoms with E-state index in [1.54, 1.807) is 16.8 Å². The Morgan fingerprint density at radius 1 is 1.03 bits per heavy atom. The lowest BCUT2D eigenvalue weighted by Gasteiger charge is -2.22. The van der Waals surface area contributed by atoms with E-state index in [-0.39, 0.29) is 11.7 Å². The Labute approximate surface area is 187 Å². The molecule has 3 aromatic carbocycles. The molecule has 31 heavy (non-hydrogen) atoms. The minimum Gasteiger partial charge on any atom is -0.481 e. The van der Waals surface area contributed by atoms with Crippen LogP contribution in [0.1, 0.15) is 23.4 Å². The van der Waals surface area contributed by atoms with Crippen molar-refractivity contribution in [2.75, 3.05) is 0 Å². The monoisotopic (exact) mass is 448 g/mol. The zero-order chi connectivity index (χ0) is 21.4. The van der Waals surface area contributed by atoms with Gasteiger partial charge < -0.3 is 5.11 Å². The third kappa shape index (κ3) is 4.06. The van der Waals surface area contributed by atoms with Crippen LogP contribution in [0, 0.1) is 0 Å². The summed E-state index contributed by atoms with van der Waals surface area (Å²) in [4.78, 5) is 11.4. The Hall–Kier alpha value is -3.16. The molecule has 1 aliphatic heterocycles. The number of thioether (sulfide) groups is 1. The molecule has 1 atom stereocenters. The maximum absolute atomic E-state index is 11.4. The Balaban J connectivity index is 1.52. The van der Waals surface area contributed by atoms with Crippen molar-refractivity contribution in [3.63, 3.8) is 0 Å². The van der Waals surface area contributed by atoms with Gasteiger partial charge in [-0.3, -0.25) is 4.79 Å². The number of fused-ring (bicyclic) bond motifs is 2. The van der Waals surface area contributed by atoms with Gasteiger partial charge in [-0.15, -0.1) is 10.2 Å². The fraction of sp³-hybridized carbons (Fsp3) is 0.130. The number of hydrogen-bond donors (Lipinski definition) is 1. The van der Waals surface area contributed by atoms with Crippen LogP contribution in [0.3, 0.4) is 0 Å². The first-order chi connectivity index (χ1) is 15.1. The fourth-order valence-electron chi connectivity index (χ4n) is 3.63. The quantitative estimate of drug-likeness (QED) is 0.470. The zero-order valence-electron chi connectivity index (χ0n) is 16.3. The SMILES string of the molecule is O=C(O)CC1Sc2nnc(Cc3ccc4ccccc4c3)n2N=C1c1ccc(Cl)cc1. The first-order valence-corrected chi connectivity index (χ1v) is 11.0. The molecule has 4 aromatic rings. The maximum atomic E-state index is 11.4. The highest BCUT2D eigenvalue weighted by Gasteiger charge is 2.30. The number of nitrogens with zero attached hydrogens (tertiary/aromatic N) is 4.